The van der Waals surface area contributed by atoms with Crippen molar-refractivity contribution in [2.24, 2.45) is 5.92 Å². The number of hydrogen-bond donors (Lipinski definition) is 0. The van der Waals surface area contributed by atoms with Crippen LogP contribution in [0.15, 0.2) is 67.0 Å². The lowest BCUT2D eigenvalue weighted by Crippen LogP contribution is -2.20. The molecule has 1 aliphatic heterocycles. The van der Waals surface area contributed by atoms with Crippen molar-refractivity contribution < 1.29 is 9.53 Å². The number of carbonyl (C=O) groups excluding carboxylic acids is 1. The van der Waals surface area contributed by atoms with Gasteiger partial charge in [0.25, 0.3) is 0 Å². The highest BCUT2D eigenvalue weighted by atomic mass is 16.5. The summed E-state index contributed by atoms with van der Waals surface area (Å²) in [4.78, 5) is 18.1. The first-order valence-electron chi connectivity index (χ1n) is 9.71. The number of ether oxygens (including phenoxy) is 1. The van der Waals surface area contributed by atoms with E-state index in [1.54, 1.807) is 0 Å². The number of likely N-dealkylation sites (tertiary alicyclic amines) is 1. The van der Waals surface area contributed by atoms with E-state index < -0.39 is 0 Å². The first-order chi connectivity index (χ1) is 13.7. The van der Waals surface area contributed by atoms with Gasteiger partial charge < -0.3 is 14.2 Å². The molecule has 1 aromatic heterocycles. The summed E-state index contributed by atoms with van der Waals surface area (Å²) in [5.74, 6) is 2.35. The number of benzene rings is 2. The monoisotopic (exact) mass is 375 g/mol. The first-order valence-corrected chi connectivity index (χ1v) is 9.71. The molecule has 0 saturated carbocycles. The lowest BCUT2D eigenvalue weighted by molar-refractivity contribution is -0.126. The number of rotatable bonds is 7. The summed E-state index contributed by atoms with van der Waals surface area (Å²) >= 11 is 0. The molecule has 1 fully saturated rings. The fourth-order valence-electron chi connectivity index (χ4n) is 3.71. The van der Waals surface area contributed by atoms with Gasteiger partial charge in [-0.25, -0.2) is 4.98 Å². The molecule has 2 aromatic carbocycles. The molecule has 3 aromatic rings. The average molecular weight is 375 g/mol. The molecule has 0 radical (unpaired) electrons. The molecule has 0 N–H and O–H groups in total. The van der Waals surface area contributed by atoms with Gasteiger partial charge in [0, 0.05) is 56.9 Å². The molecule has 28 heavy (non-hydrogen) atoms. The van der Waals surface area contributed by atoms with Crippen molar-refractivity contribution >= 4 is 5.91 Å². The summed E-state index contributed by atoms with van der Waals surface area (Å²) < 4.78 is 8.01. The maximum absolute atomic E-state index is 11.8. The predicted octanol–water partition coefficient (Wildman–Crippen LogP) is 3.65. The molecule has 5 heteroatoms. The van der Waals surface area contributed by atoms with E-state index in [1.165, 1.54) is 5.56 Å². The smallest absolute Gasteiger partial charge is 0.222 e. The largest absolute Gasteiger partial charge is 0.493 e. The van der Waals surface area contributed by atoms with E-state index in [-0.39, 0.29) is 5.91 Å². The minimum absolute atomic E-state index is 0.226. The van der Waals surface area contributed by atoms with E-state index in [4.69, 9.17) is 4.74 Å². The predicted molar refractivity (Wildman–Crippen MR) is 109 cm³/mol. The third-order valence-corrected chi connectivity index (χ3v) is 5.21. The Hall–Kier alpha value is -3.08. The van der Waals surface area contributed by atoms with E-state index in [0.29, 0.717) is 18.9 Å². The highest BCUT2D eigenvalue weighted by molar-refractivity contribution is 5.78. The van der Waals surface area contributed by atoms with Crippen molar-refractivity contribution in [2.75, 3.05) is 20.2 Å². The van der Waals surface area contributed by atoms with Crippen molar-refractivity contribution in [1.82, 2.24) is 14.5 Å². The molecule has 5 nitrogen and oxygen atoms in total. The maximum atomic E-state index is 11.8. The van der Waals surface area contributed by atoms with Crippen LogP contribution in [-0.2, 0) is 17.8 Å². The lowest BCUT2D eigenvalue weighted by Gasteiger charge is -2.13. The zero-order chi connectivity index (χ0) is 19.3. The Bertz CT molecular complexity index is 919. The van der Waals surface area contributed by atoms with Gasteiger partial charge in [-0.3, -0.25) is 4.79 Å². The van der Waals surface area contributed by atoms with E-state index >= 15 is 0 Å². The van der Waals surface area contributed by atoms with Crippen LogP contribution in [0.1, 0.15) is 12.0 Å². The van der Waals surface area contributed by atoms with Gasteiger partial charge in [-0.15, -0.1) is 0 Å². The number of hydrogen-bond acceptors (Lipinski definition) is 3. The fraction of sp³-hybridized carbons (Fsp3) is 0.304. The minimum Gasteiger partial charge on any atom is -0.493 e. The minimum atomic E-state index is 0.226. The molecule has 2 heterocycles. The second-order valence-electron chi connectivity index (χ2n) is 7.36. The molecule has 0 aliphatic carbocycles. The highest BCUT2D eigenvalue weighted by Gasteiger charge is 2.27. The van der Waals surface area contributed by atoms with Gasteiger partial charge >= 0.3 is 0 Å². The van der Waals surface area contributed by atoms with Gasteiger partial charge in [-0.2, -0.15) is 0 Å². The van der Waals surface area contributed by atoms with E-state index in [9.17, 15) is 4.79 Å². The van der Waals surface area contributed by atoms with Gasteiger partial charge in [0.05, 0.1) is 6.61 Å². The van der Waals surface area contributed by atoms with Gasteiger partial charge in [0.15, 0.2) is 0 Å². The Labute approximate surface area is 165 Å². The standard InChI is InChI=1S/C23H25N3O2/c1-25-16-19(15-22(25)27)17-26-13-12-24-23(26)20-7-9-21(10-8-20)28-14-11-18-5-3-2-4-6-18/h2-10,12-13,19H,11,14-17H2,1H3. The van der Waals surface area contributed by atoms with Crippen LogP contribution in [0, 0.1) is 5.92 Å². The number of aromatic nitrogens is 2. The Morgan fingerprint density at radius 3 is 2.61 bits per heavy atom. The normalized spacial score (nSPS) is 16.5. The topological polar surface area (TPSA) is 47.4 Å². The van der Waals surface area contributed by atoms with Gasteiger partial charge in [-0.1, -0.05) is 30.3 Å². The van der Waals surface area contributed by atoms with Crippen LogP contribution in [0.5, 0.6) is 5.75 Å². The molecule has 0 bridgehead atoms. The van der Waals surface area contributed by atoms with Gasteiger partial charge in [0.1, 0.15) is 11.6 Å². The fourth-order valence-corrected chi connectivity index (χ4v) is 3.71. The summed E-state index contributed by atoms with van der Waals surface area (Å²) in [6, 6.07) is 18.4. The summed E-state index contributed by atoms with van der Waals surface area (Å²) in [6.45, 7) is 2.27. The Kier molecular flexibility index (Phi) is 5.42. The highest BCUT2D eigenvalue weighted by Crippen LogP contribution is 2.24. The third kappa shape index (κ3) is 4.25. The number of imidazole rings is 1. The van der Waals surface area contributed by atoms with Gasteiger partial charge in [-0.05, 0) is 29.8 Å². The first kappa shape index (κ1) is 18.3. The molecule has 144 valence electrons. The quantitative estimate of drug-likeness (QED) is 0.633. The zero-order valence-electron chi connectivity index (χ0n) is 16.1. The Morgan fingerprint density at radius 1 is 1.11 bits per heavy atom. The molecule has 1 aliphatic rings. The second-order valence-corrected chi connectivity index (χ2v) is 7.36. The van der Waals surface area contributed by atoms with Crippen LogP contribution in [0.2, 0.25) is 0 Å². The van der Waals surface area contributed by atoms with Crippen LogP contribution in [-0.4, -0.2) is 40.6 Å². The maximum Gasteiger partial charge on any atom is 0.222 e. The number of nitrogens with zero attached hydrogens (tertiary/aromatic N) is 3. The van der Waals surface area contributed by atoms with Gasteiger partial charge in [0.2, 0.25) is 5.91 Å². The van der Waals surface area contributed by atoms with Crippen LogP contribution in [0.4, 0.5) is 0 Å². The molecule has 0 spiro atoms. The van der Waals surface area contributed by atoms with Crippen molar-refractivity contribution in [1.29, 1.82) is 0 Å². The summed E-state index contributed by atoms with van der Waals surface area (Å²) in [7, 11) is 1.87. The van der Waals surface area contributed by atoms with E-state index in [0.717, 1.165) is 36.6 Å². The zero-order valence-corrected chi connectivity index (χ0v) is 16.1. The summed E-state index contributed by atoms with van der Waals surface area (Å²) in [6.07, 6.45) is 5.31. The van der Waals surface area contributed by atoms with Crippen molar-refractivity contribution in [3.8, 4) is 17.1 Å². The summed E-state index contributed by atoms with van der Waals surface area (Å²) in [5, 5.41) is 0. The van der Waals surface area contributed by atoms with Crippen LogP contribution in [0.25, 0.3) is 11.4 Å². The molecule has 1 atom stereocenters. The van der Waals surface area contributed by atoms with Crippen molar-refractivity contribution in [3.63, 3.8) is 0 Å². The lowest BCUT2D eigenvalue weighted by atomic mass is 10.1. The van der Waals surface area contributed by atoms with Crippen molar-refractivity contribution in [2.45, 2.75) is 19.4 Å². The molecular weight excluding hydrogens is 350 g/mol. The van der Waals surface area contributed by atoms with Crippen LogP contribution < -0.4 is 4.74 Å². The van der Waals surface area contributed by atoms with E-state index in [2.05, 4.69) is 21.7 Å². The van der Waals surface area contributed by atoms with Crippen LogP contribution >= 0.6 is 0 Å². The average Bonchev–Trinajstić information content (AvgIpc) is 3.29. The Morgan fingerprint density at radius 2 is 1.89 bits per heavy atom. The molecule has 4 rings (SSSR count). The number of carbonyl (C=O) groups is 1. The molecule has 1 saturated heterocycles. The molecule has 1 amide bonds. The third-order valence-electron chi connectivity index (χ3n) is 5.21. The Balaban J connectivity index is 1.36. The van der Waals surface area contributed by atoms with E-state index in [1.807, 2.05) is 66.8 Å². The van der Waals surface area contributed by atoms with Crippen molar-refractivity contribution in [3.05, 3.63) is 72.6 Å². The van der Waals surface area contributed by atoms with Crippen LogP contribution in [0.3, 0.4) is 0 Å². The SMILES string of the molecule is CN1CC(Cn2ccnc2-c2ccc(OCCc3ccccc3)cc2)CC1=O. The summed E-state index contributed by atoms with van der Waals surface area (Å²) in [5.41, 5.74) is 2.33. The molecular formula is C23H25N3O2. The second kappa shape index (κ2) is 8.30. The number of amides is 1. The molecule has 1 unspecified atom stereocenters.